The summed E-state index contributed by atoms with van der Waals surface area (Å²) in [4.78, 5) is 21.9. The lowest BCUT2D eigenvalue weighted by Gasteiger charge is -2.31. The molecule has 0 amide bonds. The third-order valence-electron chi connectivity index (χ3n) is 8.09. The summed E-state index contributed by atoms with van der Waals surface area (Å²) in [6.45, 7) is 4.12. The number of nitrogens with zero attached hydrogens (tertiary/aromatic N) is 2. The molecular formula is C30H37ClF2N4O3. The van der Waals surface area contributed by atoms with Crippen LogP contribution in [0.3, 0.4) is 0 Å². The highest BCUT2D eigenvalue weighted by Crippen LogP contribution is 2.36. The van der Waals surface area contributed by atoms with Crippen LogP contribution in [0, 0.1) is 5.92 Å². The molecular weight excluding hydrogens is 538 g/mol. The van der Waals surface area contributed by atoms with E-state index in [1.807, 2.05) is 13.0 Å². The number of halogens is 3. The van der Waals surface area contributed by atoms with Crippen LogP contribution < -0.4 is 10.6 Å². The molecule has 0 radical (unpaired) electrons. The Balaban J connectivity index is 1.30. The van der Waals surface area contributed by atoms with Crippen LogP contribution in [0.25, 0.3) is 0 Å². The molecule has 3 atom stereocenters. The van der Waals surface area contributed by atoms with Crippen LogP contribution in [0.4, 0.5) is 14.6 Å². The number of fused-ring (bicyclic) bond motifs is 1. The molecule has 0 bridgehead atoms. The van der Waals surface area contributed by atoms with Crippen LogP contribution in [0.2, 0.25) is 5.28 Å². The van der Waals surface area contributed by atoms with Gasteiger partial charge in [-0.15, -0.1) is 0 Å². The van der Waals surface area contributed by atoms with E-state index in [1.54, 1.807) is 12.1 Å². The number of anilines is 1. The zero-order valence-corrected chi connectivity index (χ0v) is 23.6. The summed E-state index contributed by atoms with van der Waals surface area (Å²) in [6.07, 6.45) is 7.40. The molecule has 0 spiro atoms. The molecule has 5 rings (SSSR count). The SMILES string of the molecule is C[C@@H](Nc1nc(Cl)nc2c1CCC(=CC(=O)[C@@H]1CCCCOCC1)C2)c1cccc(C(F)(F)C2COCCN2)c1. The number of allylic oxidation sites excluding steroid dienone is 2. The molecule has 0 saturated carbocycles. The number of carbonyl (C=O) groups is 1. The first-order valence-electron chi connectivity index (χ1n) is 14.2. The molecule has 3 heterocycles. The van der Waals surface area contributed by atoms with Crippen LogP contribution in [0.5, 0.6) is 0 Å². The van der Waals surface area contributed by atoms with Crippen molar-refractivity contribution in [3.8, 4) is 0 Å². The van der Waals surface area contributed by atoms with E-state index in [-0.39, 0.29) is 35.2 Å². The van der Waals surface area contributed by atoms with Crippen LogP contribution in [0.1, 0.15) is 67.5 Å². The molecule has 1 aliphatic carbocycles. The van der Waals surface area contributed by atoms with E-state index in [4.69, 9.17) is 21.1 Å². The second kappa shape index (κ2) is 13.0. The Bertz CT molecular complexity index is 1230. The molecule has 2 aliphatic heterocycles. The predicted molar refractivity (Wildman–Crippen MR) is 150 cm³/mol. The summed E-state index contributed by atoms with van der Waals surface area (Å²) in [7, 11) is 0. The van der Waals surface area contributed by atoms with Gasteiger partial charge in [-0.05, 0) is 68.3 Å². The number of morpholine rings is 1. The van der Waals surface area contributed by atoms with E-state index in [0.717, 1.165) is 55.5 Å². The molecule has 1 aromatic heterocycles. The minimum absolute atomic E-state index is 0.00539. The van der Waals surface area contributed by atoms with Crippen molar-refractivity contribution < 1.29 is 23.0 Å². The smallest absolute Gasteiger partial charge is 0.290 e. The maximum atomic E-state index is 15.2. The Morgan fingerprint density at radius 3 is 2.88 bits per heavy atom. The molecule has 1 aromatic carbocycles. The van der Waals surface area contributed by atoms with Crippen molar-refractivity contribution >= 4 is 23.2 Å². The van der Waals surface area contributed by atoms with E-state index >= 15 is 8.78 Å². The first-order valence-corrected chi connectivity index (χ1v) is 14.6. The van der Waals surface area contributed by atoms with Crippen molar-refractivity contribution in [1.82, 2.24) is 15.3 Å². The second-order valence-electron chi connectivity index (χ2n) is 10.9. The normalized spacial score (nSPS) is 24.1. The fraction of sp³-hybridized carbons (Fsp3) is 0.567. The van der Waals surface area contributed by atoms with Crippen molar-refractivity contribution in [2.24, 2.45) is 5.92 Å². The standard InChI is InChI=1S/C30H37ClF2N4O3/c1-19(22-6-4-7-23(17-22)30(32,33)27-18-40-14-11-34-27)35-28-24-9-8-20(15-25(24)36-29(31)37-28)16-26(38)21-5-2-3-12-39-13-10-21/h4,6-7,16-17,19,21,27,34H,2-3,5,8-15,18H2,1H3,(H,35,36,37)/t19-,21-,27?/m1/s1. The summed E-state index contributed by atoms with van der Waals surface area (Å²) in [5.74, 6) is -2.30. The topological polar surface area (TPSA) is 85.4 Å². The van der Waals surface area contributed by atoms with Gasteiger partial charge < -0.3 is 20.1 Å². The first kappa shape index (κ1) is 29.0. The van der Waals surface area contributed by atoms with Gasteiger partial charge in [0.15, 0.2) is 5.78 Å². The van der Waals surface area contributed by atoms with Gasteiger partial charge in [-0.1, -0.05) is 30.2 Å². The van der Waals surface area contributed by atoms with Gasteiger partial charge in [-0.3, -0.25) is 4.79 Å². The number of ether oxygens (including phenoxy) is 2. The van der Waals surface area contributed by atoms with Crippen molar-refractivity contribution in [2.75, 3.05) is 38.3 Å². The van der Waals surface area contributed by atoms with E-state index in [0.29, 0.717) is 44.0 Å². The molecule has 7 nitrogen and oxygen atoms in total. The van der Waals surface area contributed by atoms with Crippen molar-refractivity contribution in [2.45, 2.75) is 69.9 Å². The predicted octanol–water partition coefficient (Wildman–Crippen LogP) is 5.57. The highest BCUT2D eigenvalue weighted by molar-refractivity contribution is 6.28. The Morgan fingerprint density at radius 2 is 2.05 bits per heavy atom. The summed E-state index contributed by atoms with van der Waals surface area (Å²) >= 11 is 6.31. The number of rotatable bonds is 7. The van der Waals surface area contributed by atoms with E-state index in [2.05, 4.69) is 20.6 Å². The number of nitrogens with one attached hydrogen (secondary N) is 2. The van der Waals surface area contributed by atoms with Crippen molar-refractivity contribution in [3.05, 3.63) is 63.6 Å². The van der Waals surface area contributed by atoms with E-state index in [1.165, 1.54) is 12.1 Å². The molecule has 1 unspecified atom stereocenters. The van der Waals surface area contributed by atoms with Gasteiger partial charge in [0.25, 0.3) is 5.92 Å². The van der Waals surface area contributed by atoms with Crippen LogP contribution in [0.15, 0.2) is 35.9 Å². The Morgan fingerprint density at radius 1 is 1.18 bits per heavy atom. The zero-order valence-electron chi connectivity index (χ0n) is 22.9. The monoisotopic (exact) mass is 574 g/mol. The lowest BCUT2D eigenvalue weighted by Crippen LogP contribution is -2.51. The third kappa shape index (κ3) is 6.87. The summed E-state index contributed by atoms with van der Waals surface area (Å²) in [6, 6.07) is 5.09. The minimum atomic E-state index is -3.07. The third-order valence-corrected chi connectivity index (χ3v) is 8.26. The largest absolute Gasteiger partial charge is 0.381 e. The molecule has 2 aromatic rings. The van der Waals surface area contributed by atoms with Gasteiger partial charge in [-0.2, -0.15) is 8.78 Å². The maximum Gasteiger partial charge on any atom is 0.290 e. The lowest BCUT2D eigenvalue weighted by molar-refractivity contribution is -0.119. The Labute approximate surface area is 239 Å². The number of carbonyl (C=O) groups excluding carboxylic acids is 1. The van der Waals surface area contributed by atoms with Crippen LogP contribution in [-0.2, 0) is 33.0 Å². The number of ketones is 1. The van der Waals surface area contributed by atoms with Gasteiger partial charge in [0, 0.05) is 49.3 Å². The van der Waals surface area contributed by atoms with Gasteiger partial charge >= 0.3 is 0 Å². The number of alkyl halides is 2. The second-order valence-corrected chi connectivity index (χ2v) is 11.3. The Kier molecular flexibility index (Phi) is 9.45. The van der Waals surface area contributed by atoms with Gasteiger partial charge in [-0.25, -0.2) is 9.97 Å². The van der Waals surface area contributed by atoms with Crippen molar-refractivity contribution in [3.63, 3.8) is 0 Å². The van der Waals surface area contributed by atoms with E-state index < -0.39 is 12.0 Å². The van der Waals surface area contributed by atoms with E-state index in [9.17, 15) is 4.79 Å². The number of hydrogen-bond donors (Lipinski definition) is 2. The molecule has 40 heavy (non-hydrogen) atoms. The quantitative estimate of drug-likeness (QED) is 0.330. The molecule has 2 fully saturated rings. The fourth-order valence-electron chi connectivity index (χ4n) is 5.71. The lowest BCUT2D eigenvalue weighted by atomic mass is 9.87. The van der Waals surface area contributed by atoms with Crippen LogP contribution >= 0.6 is 11.6 Å². The van der Waals surface area contributed by atoms with Gasteiger partial charge in [0.05, 0.1) is 24.9 Å². The number of benzene rings is 1. The summed E-state index contributed by atoms with van der Waals surface area (Å²) in [5, 5.41) is 6.37. The minimum Gasteiger partial charge on any atom is -0.381 e. The van der Waals surface area contributed by atoms with Crippen LogP contribution in [-0.4, -0.2) is 54.8 Å². The number of aromatic nitrogens is 2. The Hall–Kier alpha value is -2.46. The summed E-state index contributed by atoms with van der Waals surface area (Å²) in [5.41, 5.74) is 3.45. The van der Waals surface area contributed by atoms with Gasteiger partial charge in [0.1, 0.15) is 5.82 Å². The molecule has 10 heteroatoms. The van der Waals surface area contributed by atoms with Gasteiger partial charge in [0.2, 0.25) is 5.28 Å². The molecule has 2 N–H and O–H groups in total. The highest BCUT2D eigenvalue weighted by Gasteiger charge is 2.42. The highest BCUT2D eigenvalue weighted by atomic mass is 35.5. The molecule has 216 valence electrons. The summed E-state index contributed by atoms with van der Waals surface area (Å²) < 4.78 is 41.3. The number of hydrogen-bond acceptors (Lipinski definition) is 7. The van der Waals surface area contributed by atoms with Crippen molar-refractivity contribution in [1.29, 1.82) is 0 Å². The average Bonchev–Trinajstić information content (AvgIpc) is 2.93. The maximum absolute atomic E-state index is 15.2. The fourth-order valence-corrected chi connectivity index (χ4v) is 5.90. The molecule has 2 saturated heterocycles. The zero-order chi connectivity index (χ0) is 28.1. The average molecular weight is 575 g/mol. The molecule has 3 aliphatic rings. The first-order chi connectivity index (χ1) is 19.3.